The number of piperazine rings is 1. The molecule has 5 nitrogen and oxygen atoms in total. The van der Waals surface area contributed by atoms with Crippen molar-refractivity contribution < 1.29 is 0 Å². The van der Waals surface area contributed by atoms with Crippen molar-refractivity contribution in [2.45, 2.75) is 12.8 Å². The van der Waals surface area contributed by atoms with Crippen molar-refractivity contribution in [1.82, 2.24) is 14.9 Å². The monoisotopic (exact) mass is 284 g/mol. The van der Waals surface area contributed by atoms with E-state index in [4.69, 9.17) is 0 Å². The highest BCUT2D eigenvalue weighted by molar-refractivity contribution is 5.78. The van der Waals surface area contributed by atoms with Crippen LogP contribution in [0.3, 0.4) is 0 Å². The van der Waals surface area contributed by atoms with Gasteiger partial charge in [-0.2, -0.15) is 0 Å². The van der Waals surface area contributed by atoms with Crippen LogP contribution in [0.2, 0.25) is 0 Å². The molecule has 2 aliphatic rings. The molecule has 1 aliphatic heterocycles. The number of para-hydroxylation sites is 1. The highest BCUT2D eigenvalue weighted by atomic mass is 16.1. The molecule has 1 saturated carbocycles. The summed E-state index contributed by atoms with van der Waals surface area (Å²) in [6.45, 7) is 5.25. The van der Waals surface area contributed by atoms with Gasteiger partial charge in [0, 0.05) is 32.7 Å². The van der Waals surface area contributed by atoms with Crippen molar-refractivity contribution in [2.75, 3.05) is 37.6 Å². The Morgan fingerprint density at radius 1 is 1.14 bits per heavy atom. The summed E-state index contributed by atoms with van der Waals surface area (Å²) in [7, 11) is 0. The molecule has 0 spiro atoms. The van der Waals surface area contributed by atoms with Crippen molar-refractivity contribution >= 4 is 16.9 Å². The van der Waals surface area contributed by atoms with Gasteiger partial charge in [0.05, 0.1) is 10.9 Å². The third-order valence-electron chi connectivity index (χ3n) is 4.49. The lowest BCUT2D eigenvalue weighted by Crippen LogP contribution is -2.47. The van der Waals surface area contributed by atoms with Crippen LogP contribution in [0, 0.1) is 5.92 Å². The number of aromatic nitrogens is 2. The Bertz CT molecular complexity index is 699. The zero-order chi connectivity index (χ0) is 14.2. The standard InChI is InChI=1S/C16H20N4O/c21-15-13-3-1-2-4-14(13)17-16(18-15)20-9-7-19(8-10-20)11-12-5-6-12/h1-4,12H,5-11H2,(H,17,18,21). The summed E-state index contributed by atoms with van der Waals surface area (Å²) < 4.78 is 0. The first kappa shape index (κ1) is 12.8. The lowest BCUT2D eigenvalue weighted by Gasteiger charge is -2.35. The fourth-order valence-electron chi connectivity index (χ4n) is 3.03. The maximum Gasteiger partial charge on any atom is 0.260 e. The lowest BCUT2D eigenvalue weighted by atomic mass is 10.2. The molecule has 0 radical (unpaired) electrons. The molecule has 2 heterocycles. The van der Waals surface area contributed by atoms with Gasteiger partial charge in [-0.3, -0.25) is 14.7 Å². The van der Waals surface area contributed by atoms with Gasteiger partial charge in [0.15, 0.2) is 0 Å². The van der Waals surface area contributed by atoms with Gasteiger partial charge >= 0.3 is 0 Å². The maximum absolute atomic E-state index is 12.1. The van der Waals surface area contributed by atoms with Gasteiger partial charge in [0.1, 0.15) is 0 Å². The molecule has 1 N–H and O–H groups in total. The fraction of sp³-hybridized carbons (Fsp3) is 0.500. The van der Waals surface area contributed by atoms with Gasteiger partial charge < -0.3 is 4.90 Å². The number of hydrogen-bond donors (Lipinski definition) is 1. The summed E-state index contributed by atoms with van der Waals surface area (Å²) >= 11 is 0. The number of fused-ring (bicyclic) bond motifs is 1. The molecule has 4 rings (SSSR count). The largest absolute Gasteiger partial charge is 0.340 e. The van der Waals surface area contributed by atoms with E-state index in [0.717, 1.165) is 37.6 Å². The average Bonchev–Trinajstić information content (AvgIpc) is 3.32. The minimum atomic E-state index is -0.0454. The van der Waals surface area contributed by atoms with E-state index in [1.165, 1.54) is 19.4 Å². The number of rotatable bonds is 3. The average molecular weight is 284 g/mol. The Labute approximate surface area is 123 Å². The topological polar surface area (TPSA) is 52.2 Å². The maximum atomic E-state index is 12.1. The molecule has 110 valence electrons. The second kappa shape index (κ2) is 5.15. The molecule has 0 bridgehead atoms. The molecule has 5 heteroatoms. The van der Waals surface area contributed by atoms with Crippen LogP contribution in [0.1, 0.15) is 12.8 Å². The van der Waals surface area contributed by atoms with Crippen LogP contribution in [0.25, 0.3) is 10.9 Å². The van der Waals surface area contributed by atoms with Gasteiger partial charge in [0.2, 0.25) is 5.95 Å². The molecule has 2 aromatic rings. The van der Waals surface area contributed by atoms with Gasteiger partial charge in [-0.05, 0) is 30.9 Å². The third-order valence-corrected chi connectivity index (χ3v) is 4.49. The highest BCUT2D eigenvalue weighted by Gasteiger charge is 2.26. The second-order valence-corrected chi connectivity index (χ2v) is 6.14. The molecule has 0 atom stereocenters. The van der Waals surface area contributed by atoms with Crippen molar-refractivity contribution in [3.8, 4) is 0 Å². The molecule has 1 aromatic heterocycles. The number of H-pyrrole nitrogens is 1. The summed E-state index contributed by atoms with van der Waals surface area (Å²) in [5.41, 5.74) is 0.729. The summed E-state index contributed by atoms with van der Waals surface area (Å²) in [5.74, 6) is 1.65. The molecule has 1 saturated heterocycles. The third kappa shape index (κ3) is 2.65. The molecular weight excluding hydrogens is 264 g/mol. The number of benzene rings is 1. The Morgan fingerprint density at radius 3 is 2.67 bits per heavy atom. The lowest BCUT2D eigenvalue weighted by molar-refractivity contribution is 0.247. The van der Waals surface area contributed by atoms with E-state index in [-0.39, 0.29) is 5.56 Å². The molecule has 1 aliphatic carbocycles. The molecule has 0 unspecified atom stereocenters. The van der Waals surface area contributed by atoms with Crippen LogP contribution in [-0.4, -0.2) is 47.6 Å². The van der Waals surface area contributed by atoms with Crippen LogP contribution < -0.4 is 10.5 Å². The van der Waals surface area contributed by atoms with Gasteiger partial charge in [-0.25, -0.2) is 4.98 Å². The second-order valence-electron chi connectivity index (χ2n) is 6.14. The molecule has 0 amide bonds. The Morgan fingerprint density at radius 2 is 1.90 bits per heavy atom. The van der Waals surface area contributed by atoms with E-state index in [1.54, 1.807) is 0 Å². The number of nitrogens with zero attached hydrogens (tertiary/aromatic N) is 3. The van der Waals surface area contributed by atoms with E-state index >= 15 is 0 Å². The number of nitrogens with one attached hydrogen (secondary N) is 1. The van der Waals surface area contributed by atoms with Crippen LogP contribution in [0.15, 0.2) is 29.1 Å². The fourth-order valence-corrected chi connectivity index (χ4v) is 3.03. The van der Waals surface area contributed by atoms with E-state index in [9.17, 15) is 4.79 Å². The quantitative estimate of drug-likeness (QED) is 0.927. The summed E-state index contributed by atoms with van der Waals surface area (Å²) in [6, 6.07) is 7.51. The predicted molar refractivity (Wildman–Crippen MR) is 83.7 cm³/mol. The molecule has 2 fully saturated rings. The molecular formula is C16H20N4O. The zero-order valence-electron chi connectivity index (χ0n) is 12.1. The van der Waals surface area contributed by atoms with Gasteiger partial charge in [0.25, 0.3) is 5.56 Å². The first-order chi connectivity index (χ1) is 10.3. The van der Waals surface area contributed by atoms with Crippen molar-refractivity contribution in [2.24, 2.45) is 5.92 Å². The summed E-state index contributed by atoms with van der Waals surface area (Å²) in [6.07, 6.45) is 2.81. The zero-order valence-corrected chi connectivity index (χ0v) is 12.1. The molecule has 1 aromatic carbocycles. The van der Waals surface area contributed by atoms with Gasteiger partial charge in [-0.15, -0.1) is 0 Å². The van der Waals surface area contributed by atoms with Crippen LogP contribution >= 0.6 is 0 Å². The van der Waals surface area contributed by atoms with Crippen LogP contribution in [-0.2, 0) is 0 Å². The number of aromatic amines is 1. The SMILES string of the molecule is O=c1[nH]c(N2CCN(CC3CC3)CC2)nc2ccccc12. The first-order valence-corrected chi connectivity index (χ1v) is 7.76. The van der Waals surface area contributed by atoms with Crippen molar-refractivity contribution in [1.29, 1.82) is 0 Å². The Balaban J connectivity index is 1.52. The van der Waals surface area contributed by atoms with Crippen LogP contribution in [0.4, 0.5) is 5.95 Å². The minimum absolute atomic E-state index is 0.0454. The summed E-state index contributed by atoms with van der Waals surface area (Å²) in [5, 5.41) is 0.661. The number of hydrogen-bond acceptors (Lipinski definition) is 4. The van der Waals surface area contributed by atoms with Crippen LogP contribution in [0.5, 0.6) is 0 Å². The Hall–Kier alpha value is -1.88. The van der Waals surface area contributed by atoms with E-state index < -0.39 is 0 Å². The van der Waals surface area contributed by atoms with Crippen molar-refractivity contribution in [3.63, 3.8) is 0 Å². The smallest absolute Gasteiger partial charge is 0.260 e. The minimum Gasteiger partial charge on any atom is -0.340 e. The number of anilines is 1. The van der Waals surface area contributed by atoms with Crippen molar-refractivity contribution in [3.05, 3.63) is 34.6 Å². The van der Waals surface area contributed by atoms with E-state index in [2.05, 4.69) is 19.8 Å². The molecule has 21 heavy (non-hydrogen) atoms. The Kier molecular flexibility index (Phi) is 3.15. The normalized spacial score (nSPS) is 20.1. The van der Waals surface area contributed by atoms with E-state index in [0.29, 0.717) is 11.3 Å². The first-order valence-electron chi connectivity index (χ1n) is 7.76. The summed E-state index contributed by atoms with van der Waals surface area (Å²) in [4.78, 5) is 24.4. The van der Waals surface area contributed by atoms with Gasteiger partial charge in [-0.1, -0.05) is 12.1 Å². The van der Waals surface area contributed by atoms with E-state index in [1.807, 2.05) is 24.3 Å². The predicted octanol–water partition coefficient (Wildman–Crippen LogP) is 1.46. The highest BCUT2D eigenvalue weighted by Crippen LogP contribution is 2.30.